The minimum atomic E-state index is -1.00. The molecule has 0 aromatic heterocycles. The predicted octanol–water partition coefficient (Wildman–Crippen LogP) is 2.01. The number of aliphatic hydroxyl groups excluding tert-OH is 1. The third-order valence-corrected chi connectivity index (χ3v) is 2.78. The molecule has 0 saturated carbocycles. The molecule has 0 spiro atoms. The van der Waals surface area contributed by atoms with E-state index < -0.39 is 12.0 Å². The van der Waals surface area contributed by atoms with Gasteiger partial charge in [-0.15, -0.1) is 0 Å². The molecule has 0 unspecified atom stereocenters. The van der Waals surface area contributed by atoms with Crippen LogP contribution < -0.4 is 5.32 Å². The summed E-state index contributed by atoms with van der Waals surface area (Å²) in [5.74, 6) is -0.414. The number of benzene rings is 1. The lowest BCUT2D eigenvalue weighted by Crippen LogP contribution is -2.34. The molecule has 1 aromatic rings. The Morgan fingerprint density at radius 2 is 2.22 bits per heavy atom. The molecule has 1 amide bonds. The van der Waals surface area contributed by atoms with Gasteiger partial charge in [0.25, 0.3) is 0 Å². The van der Waals surface area contributed by atoms with Gasteiger partial charge in [0, 0.05) is 16.6 Å². The van der Waals surface area contributed by atoms with Crippen molar-refractivity contribution >= 4 is 29.1 Å². The van der Waals surface area contributed by atoms with Crippen molar-refractivity contribution in [3.05, 3.63) is 33.8 Å². The average Bonchev–Trinajstić information content (AvgIpc) is 2.30. The average molecular weight is 292 g/mol. The highest BCUT2D eigenvalue weighted by atomic mass is 35.5. The molecule has 0 aliphatic rings. The van der Waals surface area contributed by atoms with Crippen molar-refractivity contribution in [3.63, 3.8) is 0 Å². The van der Waals surface area contributed by atoms with Gasteiger partial charge in [-0.2, -0.15) is 0 Å². The Balaban J connectivity index is 2.24. The van der Waals surface area contributed by atoms with Gasteiger partial charge in [0.1, 0.15) is 6.10 Å². The molecule has 2 N–H and O–H groups in total. The molecule has 4 nitrogen and oxygen atoms in total. The molecule has 0 saturated heterocycles. The van der Waals surface area contributed by atoms with Gasteiger partial charge >= 0.3 is 0 Å². The monoisotopic (exact) mass is 291 g/mol. The number of aliphatic hydroxyl groups is 1. The third-order valence-electron chi connectivity index (χ3n) is 2.20. The maximum atomic E-state index is 11.0. The number of ether oxygens (including phenoxy) is 1. The summed E-state index contributed by atoms with van der Waals surface area (Å²) < 4.78 is 5.35. The number of carbonyl (C=O) groups excluding carboxylic acids is 1. The molecular weight excluding hydrogens is 277 g/mol. The number of rotatable bonds is 6. The minimum Gasteiger partial charge on any atom is -0.384 e. The number of nitrogens with one attached hydrogen (secondary N) is 1. The van der Waals surface area contributed by atoms with E-state index in [2.05, 4.69) is 5.32 Å². The van der Waals surface area contributed by atoms with E-state index >= 15 is 0 Å². The van der Waals surface area contributed by atoms with Crippen LogP contribution in [0.4, 0.5) is 0 Å². The van der Waals surface area contributed by atoms with Gasteiger partial charge in [-0.25, -0.2) is 0 Å². The smallest absolute Gasteiger partial charge is 0.248 e. The van der Waals surface area contributed by atoms with E-state index in [4.69, 9.17) is 33.0 Å². The highest BCUT2D eigenvalue weighted by Crippen LogP contribution is 2.21. The van der Waals surface area contributed by atoms with Gasteiger partial charge in [0.2, 0.25) is 5.91 Å². The van der Waals surface area contributed by atoms with Gasteiger partial charge in [0.05, 0.1) is 13.2 Å². The molecule has 1 atom stereocenters. The maximum Gasteiger partial charge on any atom is 0.248 e. The number of hydrogen-bond donors (Lipinski definition) is 2. The Morgan fingerprint density at radius 3 is 2.83 bits per heavy atom. The first kappa shape index (κ1) is 15.2. The summed E-state index contributed by atoms with van der Waals surface area (Å²) in [6.07, 6.45) is -1.00. The zero-order valence-electron chi connectivity index (χ0n) is 9.95. The topological polar surface area (TPSA) is 58.6 Å². The molecule has 18 heavy (non-hydrogen) atoms. The highest BCUT2D eigenvalue weighted by Gasteiger charge is 2.07. The molecule has 0 heterocycles. The lowest BCUT2D eigenvalue weighted by atomic mass is 10.2. The van der Waals surface area contributed by atoms with Crippen LogP contribution in [-0.2, 0) is 16.1 Å². The van der Waals surface area contributed by atoms with E-state index in [1.54, 1.807) is 18.2 Å². The second-order valence-electron chi connectivity index (χ2n) is 3.76. The molecule has 1 rings (SSSR count). The molecule has 0 fully saturated rings. The first-order valence-electron chi connectivity index (χ1n) is 5.48. The molecule has 0 aliphatic heterocycles. The summed E-state index contributed by atoms with van der Waals surface area (Å²) in [7, 11) is 0. The van der Waals surface area contributed by atoms with Crippen LogP contribution in [0, 0.1) is 0 Å². The fourth-order valence-corrected chi connectivity index (χ4v) is 1.68. The molecule has 0 bridgehead atoms. The summed E-state index contributed by atoms with van der Waals surface area (Å²) >= 11 is 11.7. The Bertz CT molecular complexity index is 410. The van der Waals surface area contributed by atoms with Crippen molar-refractivity contribution in [2.75, 3.05) is 13.2 Å². The molecule has 0 aliphatic carbocycles. The lowest BCUT2D eigenvalue weighted by molar-refractivity contribution is -0.128. The van der Waals surface area contributed by atoms with E-state index in [1.165, 1.54) is 6.92 Å². The molecule has 1 aromatic carbocycles. The summed E-state index contributed by atoms with van der Waals surface area (Å²) in [6.45, 7) is 2.44. The van der Waals surface area contributed by atoms with E-state index in [1.807, 2.05) is 0 Å². The molecule has 100 valence electrons. The zero-order chi connectivity index (χ0) is 13.5. The van der Waals surface area contributed by atoms with Crippen molar-refractivity contribution in [1.82, 2.24) is 5.32 Å². The van der Waals surface area contributed by atoms with Crippen LogP contribution in [0.1, 0.15) is 12.5 Å². The SMILES string of the molecule is C[C@H](O)C(=O)NCCOCc1ccc(Cl)cc1Cl. The van der Waals surface area contributed by atoms with E-state index in [9.17, 15) is 4.79 Å². The van der Waals surface area contributed by atoms with Crippen molar-refractivity contribution in [1.29, 1.82) is 0 Å². The predicted molar refractivity (Wildman–Crippen MR) is 70.8 cm³/mol. The molecular formula is C12H15Cl2NO3. The first-order valence-corrected chi connectivity index (χ1v) is 6.23. The van der Waals surface area contributed by atoms with Crippen LogP contribution in [-0.4, -0.2) is 30.3 Å². The summed E-state index contributed by atoms with van der Waals surface area (Å²) in [6, 6.07) is 5.18. The van der Waals surface area contributed by atoms with Gasteiger partial charge in [0.15, 0.2) is 0 Å². The quantitative estimate of drug-likeness (QED) is 0.789. The maximum absolute atomic E-state index is 11.0. The normalized spacial score (nSPS) is 12.2. The first-order chi connectivity index (χ1) is 8.50. The fourth-order valence-electron chi connectivity index (χ4n) is 1.21. The lowest BCUT2D eigenvalue weighted by Gasteiger charge is -2.08. The van der Waals surface area contributed by atoms with Crippen LogP contribution in [0.25, 0.3) is 0 Å². The minimum absolute atomic E-state index is 0.342. The van der Waals surface area contributed by atoms with Crippen LogP contribution in [0.3, 0.4) is 0 Å². The standard InChI is InChI=1S/C12H15Cl2NO3/c1-8(16)12(17)15-4-5-18-7-9-2-3-10(13)6-11(9)14/h2-3,6,8,16H,4-5,7H2,1H3,(H,15,17)/t8-/m0/s1. The summed E-state index contributed by atoms with van der Waals surface area (Å²) in [4.78, 5) is 11.0. The van der Waals surface area contributed by atoms with Gasteiger partial charge in [-0.3, -0.25) is 4.79 Å². The van der Waals surface area contributed by atoms with E-state index in [-0.39, 0.29) is 0 Å². The van der Waals surface area contributed by atoms with Crippen molar-refractivity contribution < 1.29 is 14.6 Å². The van der Waals surface area contributed by atoms with Crippen molar-refractivity contribution in [2.24, 2.45) is 0 Å². The largest absolute Gasteiger partial charge is 0.384 e. The van der Waals surface area contributed by atoms with Crippen molar-refractivity contribution in [3.8, 4) is 0 Å². The Kier molecular flexibility index (Phi) is 6.43. The zero-order valence-corrected chi connectivity index (χ0v) is 11.5. The number of amides is 1. The van der Waals surface area contributed by atoms with E-state index in [0.717, 1.165) is 5.56 Å². The van der Waals surface area contributed by atoms with Gasteiger partial charge in [-0.1, -0.05) is 29.3 Å². The van der Waals surface area contributed by atoms with Gasteiger partial charge in [-0.05, 0) is 24.6 Å². The third kappa shape index (κ3) is 5.23. The highest BCUT2D eigenvalue weighted by molar-refractivity contribution is 6.35. The number of hydrogen-bond acceptors (Lipinski definition) is 3. The second kappa shape index (κ2) is 7.59. The van der Waals surface area contributed by atoms with Crippen LogP contribution >= 0.6 is 23.2 Å². The van der Waals surface area contributed by atoms with Crippen LogP contribution in [0.5, 0.6) is 0 Å². The number of halogens is 2. The fraction of sp³-hybridized carbons (Fsp3) is 0.417. The molecule has 0 radical (unpaired) electrons. The van der Waals surface area contributed by atoms with Gasteiger partial charge < -0.3 is 15.2 Å². The Labute approximate surface area is 116 Å². The Morgan fingerprint density at radius 1 is 1.50 bits per heavy atom. The molecule has 6 heteroatoms. The Hall–Kier alpha value is -0.810. The van der Waals surface area contributed by atoms with E-state index in [0.29, 0.717) is 29.8 Å². The van der Waals surface area contributed by atoms with Crippen LogP contribution in [0.2, 0.25) is 10.0 Å². The summed E-state index contributed by atoms with van der Waals surface area (Å²) in [5.41, 5.74) is 0.836. The summed E-state index contributed by atoms with van der Waals surface area (Å²) in [5, 5.41) is 12.6. The van der Waals surface area contributed by atoms with Crippen molar-refractivity contribution in [2.45, 2.75) is 19.6 Å². The second-order valence-corrected chi connectivity index (χ2v) is 4.60. The number of carbonyl (C=O) groups is 1. The van der Waals surface area contributed by atoms with Crippen LogP contribution in [0.15, 0.2) is 18.2 Å².